The van der Waals surface area contributed by atoms with Crippen LogP contribution in [0.5, 0.6) is 0 Å². The molecule has 0 saturated heterocycles. The predicted octanol–water partition coefficient (Wildman–Crippen LogP) is 3.86. The van der Waals surface area contributed by atoms with Crippen molar-refractivity contribution in [1.82, 2.24) is 0 Å². The Morgan fingerprint density at radius 2 is 1.84 bits per heavy atom. The third-order valence-corrected chi connectivity index (χ3v) is 4.36. The lowest BCUT2D eigenvalue weighted by Gasteiger charge is -2.14. The van der Waals surface area contributed by atoms with E-state index in [-0.39, 0.29) is 12.3 Å². The summed E-state index contributed by atoms with van der Waals surface area (Å²) in [5.41, 5.74) is 7.17. The van der Waals surface area contributed by atoms with Crippen LogP contribution in [0.2, 0.25) is 0 Å². The summed E-state index contributed by atoms with van der Waals surface area (Å²) in [7, 11) is 0. The Balaban J connectivity index is 2.14. The van der Waals surface area contributed by atoms with Crippen LogP contribution >= 0.6 is 31.9 Å². The lowest BCUT2D eigenvalue weighted by atomic mass is 10.2. The third-order valence-electron chi connectivity index (χ3n) is 3.20. The largest absolute Gasteiger partial charge is 0.392 e. The van der Waals surface area contributed by atoms with Gasteiger partial charge < -0.3 is 26.8 Å². The molecule has 0 bridgehead atoms. The topological polar surface area (TPSA) is 99.4 Å². The highest BCUT2D eigenvalue weighted by molar-refractivity contribution is 9.11. The van der Waals surface area contributed by atoms with Crippen molar-refractivity contribution < 1.29 is 14.3 Å². The first-order chi connectivity index (χ1) is 11.9. The molecule has 0 atom stereocenters. The molecule has 9 heteroatoms. The molecule has 0 heterocycles. The highest BCUT2D eigenvalue weighted by Crippen LogP contribution is 2.30. The molecule has 0 fully saturated rings. The standard InChI is InChI=1S/C16H17Br2FN4O2/c17-9-3-14(18)13(8-24)15(4-9)23-16(25)22-12-6-10(19)5-11(7-12)21-2-1-20/h3-7,21,24H,1-2,8,20H2,(H2,22,23,25). The number of benzene rings is 2. The fraction of sp³-hybridized carbons (Fsp3) is 0.188. The zero-order valence-electron chi connectivity index (χ0n) is 13.1. The summed E-state index contributed by atoms with van der Waals surface area (Å²) in [6.45, 7) is 0.638. The second kappa shape index (κ2) is 9.14. The average molecular weight is 476 g/mol. The number of carbonyl (C=O) groups excluding carboxylic acids is 1. The predicted molar refractivity (Wildman–Crippen MR) is 104 cm³/mol. The molecule has 6 N–H and O–H groups in total. The Bertz CT molecular complexity index is 774. The maximum absolute atomic E-state index is 13.7. The number of halogens is 3. The zero-order valence-corrected chi connectivity index (χ0v) is 16.2. The molecule has 0 aliphatic rings. The van der Waals surface area contributed by atoms with Gasteiger partial charge in [0.25, 0.3) is 0 Å². The first-order valence-corrected chi connectivity index (χ1v) is 8.93. The number of nitrogens with two attached hydrogens (primary N) is 1. The number of hydrogen-bond acceptors (Lipinski definition) is 4. The van der Waals surface area contributed by atoms with Crippen molar-refractivity contribution in [2.45, 2.75) is 6.61 Å². The van der Waals surface area contributed by atoms with Crippen molar-refractivity contribution in [1.29, 1.82) is 0 Å². The van der Waals surface area contributed by atoms with Crippen molar-refractivity contribution in [2.75, 3.05) is 29.0 Å². The lowest BCUT2D eigenvalue weighted by molar-refractivity contribution is 0.262. The van der Waals surface area contributed by atoms with Gasteiger partial charge in [-0.05, 0) is 30.3 Å². The van der Waals surface area contributed by atoms with E-state index in [1.807, 2.05) is 0 Å². The molecule has 134 valence electrons. The fourth-order valence-corrected chi connectivity index (χ4v) is 3.49. The summed E-state index contributed by atoms with van der Waals surface area (Å²) in [5, 5.41) is 17.6. The van der Waals surface area contributed by atoms with E-state index < -0.39 is 11.8 Å². The second-order valence-electron chi connectivity index (χ2n) is 5.09. The van der Waals surface area contributed by atoms with E-state index in [0.717, 1.165) is 4.47 Å². The first kappa shape index (κ1) is 19.6. The second-order valence-corrected chi connectivity index (χ2v) is 6.87. The van der Waals surface area contributed by atoms with Crippen LogP contribution < -0.4 is 21.7 Å². The maximum atomic E-state index is 13.7. The minimum absolute atomic E-state index is 0.253. The highest BCUT2D eigenvalue weighted by Gasteiger charge is 2.12. The Morgan fingerprint density at radius 1 is 1.12 bits per heavy atom. The maximum Gasteiger partial charge on any atom is 0.323 e. The molecule has 6 nitrogen and oxygen atoms in total. The zero-order chi connectivity index (χ0) is 18.4. The van der Waals surface area contributed by atoms with Crippen LogP contribution in [0.25, 0.3) is 0 Å². The number of urea groups is 1. The SMILES string of the molecule is NCCNc1cc(F)cc(NC(=O)Nc2cc(Br)cc(Br)c2CO)c1. The number of rotatable bonds is 6. The summed E-state index contributed by atoms with van der Waals surface area (Å²) < 4.78 is 15.0. The molecule has 2 rings (SSSR count). The molecule has 25 heavy (non-hydrogen) atoms. The van der Waals surface area contributed by atoms with Gasteiger partial charge in [-0.15, -0.1) is 0 Å². The van der Waals surface area contributed by atoms with Crippen molar-refractivity contribution in [3.05, 3.63) is 50.7 Å². The molecular formula is C16H17Br2FN4O2. The molecule has 0 aliphatic heterocycles. The van der Waals surface area contributed by atoms with E-state index in [1.54, 1.807) is 18.2 Å². The van der Waals surface area contributed by atoms with Crippen molar-refractivity contribution in [3.63, 3.8) is 0 Å². The Kier molecular flexibility index (Phi) is 7.18. The Hall–Kier alpha value is -1.68. The minimum Gasteiger partial charge on any atom is -0.392 e. The summed E-state index contributed by atoms with van der Waals surface area (Å²) in [6, 6.07) is 6.98. The van der Waals surface area contributed by atoms with Crippen LogP contribution in [0.3, 0.4) is 0 Å². The number of aliphatic hydroxyl groups excluding tert-OH is 1. The molecule has 0 aliphatic carbocycles. The molecule has 2 amide bonds. The smallest absolute Gasteiger partial charge is 0.323 e. The van der Waals surface area contributed by atoms with Gasteiger partial charge in [0.2, 0.25) is 0 Å². The van der Waals surface area contributed by atoms with E-state index in [4.69, 9.17) is 5.73 Å². The van der Waals surface area contributed by atoms with Crippen LogP contribution in [0.1, 0.15) is 5.56 Å². The summed E-state index contributed by atoms with van der Waals surface area (Å²) in [5.74, 6) is -0.487. The highest BCUT2D eigenvalue weighted by atomic mass is 79.9. The molecule has 0 saturated carbocycles. The van der Waals surface area contributed by atoms with E-state index in [1.165, 1.54) is 12.1 Å². The van der Waals surface area contributed by atoms with Gasteiger partial charge in [0, 0.05) is 39.0 Å². The lowest BCUT2D eigenvalue weighted by Crippen LogP contribution is -2.21. The number of anilines is 3. The van der Waals surface area contributed by atoms with Gasteiger partial charge in [-0.25, -0.2) is 9.18 Å². The fourth-order valence-electron chi connectivity index (χ4n) is 2.14. The molecule has 2 aromatic carbocycles. The molecule has 2 aromatic rings. The number of aliphatic hydroxyl groups is 1. The van der Waals surface area contributed by atoms with Crippen LogP contribution in [-0.4, -0.2) is 24.2 Å². The molecule has 0 aromatic heterocycles. The summed E-state index contributed by atoms with van der Waals surface area (Å²) >= 11 is 6.65. The van der Waals surface area contributed by atoms with Gasteiger partial charge >= 0.3 is 6.03 Å². The van der Waals surface area contributed by atoms with Crippen LogP contribution in [0.15, 0.2) is 39.3 Å². The van der Waals surface area contributed by atoms with E-state index in [0.29, 0.717) is 34.5 Å². The van der Waals surface area contributed by atoms with Gasteiger partial charge in [0.15, 0.2) is 0 Å². The number of carbonyl (C=O) groups is 1. The third kappa shape index (κ3) is 5.67. The van der Waals surface area contributed by atoms with E-state index in [9.17, 15) is 14.3 Å². The number of hydrogen-bond donors (Lipinski definition) is 5. The van der Waals surface area contributed by atoms with Crippen LogP contribution in [-0.2, 0) is 6.61 Å². The molecule has 0 radical (unpaired) electrons. The molecule has 0 unspecified atom stereocenters. The van der Waals surface area contributed by atoms with Gasteiger partial charge in [0.1, 0.15) is 5.82 Å². The van der Waals surface area contributed by atoms with Gasteiger partial charge in [-0.3, -0.25) is 0 Å². The van der Waals surface area contributed by atoms with Gasteiger partial charge in [-0.1, -0.05) is 31.9 Å². The van der Waals surface area contributed by atoms with Crippen LogP contribution in [0, 0.1) is 5.82 Å². The molecule has 0 spiro atoms. The van der Waals surface area contributed by atoms with E-state index >= 15 is 0 Å². The van der Waals surface area contributed by atoms with Gasteiger partial charge in [0.05, 0.1) is 12.3 Å². The Labute approximate surface area is 161 Å². The quantitative estimate of drug-likeness (QED) is 0.438. The van der Waals surface area contributed by atoms with Crippen molar-refractivity contribution >= 4 is 55.0 Å². The number of amides is 2. The Morgan fingerprint density at radius 3 is 2.52 bits per heavy atom. The number of nitrogens with one attached hydrogen (secondary N) is 3. The van der Waals surface area contributed by atoms with Gasteiger partial charge in [-0.2, -0.15) is 0 Å². The normalized spacial score (nSPS) is 10.4. The summed E-state index contributed by atoms with van der Waals surface area (Å²) in [4.78, 5) is 12.2. The first-order valence-electron chi connectivity index (χ1n) is 7.34. The van der Waals surface area contributed by atoms with Crippen molar-refractivity contribution in [2.24, 2.45) is 5.73 Å². The summed E-state index contributed by atoms with van der Waals surface area (Å²) in [6.07, 6.45) is 0. The van der Waals surface area contributed by atoms with Crippen LogP contribution in [0.4, 0.5) is 26.2 Å². The molecular weight excluding hydrogens is 459 g/mol. The monoisotopic (exact) mass is 474 g/mol. The van der Waals surface area contributed by atoms with Crippen molar-refractivity contribution in [3.8, 4) is 0 Å². The average Bonchev–Trinajstić information content (AvgIpc) is 2.51. The van der Waals surface area contributed by atoms with E-state index in [2.05, 4.69) is 47.8 Å². The minimum atomic E-state index is -0.560.